The van der Waals surface area contributed by atoms with E-state index >= 15 is 0 Å². The van der Waals surface area contributed by atoms with Crippen LogP contribution in [-0.4, -0.2) is 17.6 Å². The lowest BCUT2D eigenvalue weighted by Crippen LogP contribution is -2.27. The quantitative estimate of drug-likeness (QED) is 0.715. The van der Waals surface area contributed by atoms with Crippen molar-refractivity contribution in [2.75, 3.05) is 11.4 Å². The minimum absolute atomic E-state index is 0.458. The van der Waals surface area contributed by atoms with E-state index in [0.717, 1.165) is 22.5 Å². The van der Waals surface area contributed by atoms with Crippen LogP contribution in [0, 0.1) is 5.92 Å². The summed E-state index contributed by atoms with van der Waals surface area (Å²) in [6.07, 6.45) is 3.76. The van der Waals surface area contributed by atoms with Crippen LogP contribution in [-0.2, 0) is 5.88 Å². The lowest BCUT2D eigenvalue weighted by atomic mass is 10.1. The predicted octanol–water partition coefficient (Wildman–Crippen LogP) is 4.55. The lowest BCUT2D eigenvalue weighted by Gasteiger charge is -2.22. The third-order valence-corrected chi connectivity index (χ3v) is 4.88. The Bertz CT molecular complexity index is 375. The maximum atomic E-state index is 6.07. The van der Waals surface area contributed by atoms with Crippen molar-refractivity contribution in [1.82, 2.24) is 4.98 Å². The highest BCUT2D eigenvalue weighted by atomic mass is 35.5. The van der Waals surface area contributed by atoms with Crippen molar-refractivity contribution in [2.45, 2.75) is 45.0 Å². The SMILES string of the molecule is CC(C)CCN(c1nc(Cl)c(CCl)s1)C1CC1. The molecule has 0 saturated heterocycles. The normalized spacial score (nSPS) is 15.6. The van der Waals surface area contributed by atoms with Crippen molar-refractivity contribution < 1.29 is 0 Å². The van der Waals surface area contributed by atoms with Gasteiger partial charge in [0.1, 0.15) is 5.15 Å². The number of nitrogens with zero attached hydrogens (tertiary/aromatic N) is 2. The van der Waals surface area contributed by atoms with Gasteiger partial charge < -0.3 is 4.90 Å². The van der Waals surface area contributed by atoms with Crippen LogP contribution in [0.1, 0.15) is 38.0 Å². The summed E-state index contributed by atoms with van der Waals surface area (Å²) in [5.41, 5.74) is 0. The van der Waals surface area contributed by atoms with E-state index in [4.69, 9.17) is 23.2 Å². The Hall–Kier alpha value is 0.01000. The molecule has 5 heteroatoms. The van der Waals surface area contributed by atoms with Gasteiger partial charge in [0.15, 0.2) is 5.13 Å². The van der Waals surface area contributed by atoms with Crippen LogP contribution in [0.25, 0.3) is 0 Å². The van der Waals surface area contributed by atoms with E-state index in [9.17, 15) is 0 Å². The number of alkyl halides is 1. The third-order valence-electron chi connectivity index (χ3n) is 2.94. The summed E-state index contributed by atoms with van der Waals surface area (Å²) < 4.78 is 0. The summed E-state index contributed by atoms with van der Waals surface area (Å²) in [5, 5.41) is 1.63. The molecule has 0 amide bonds. The van der Waals surface area contributed by atoms with Crippen LogP contribution in [0.4, 0.5) is 5.13 Å². The number of aromatic nitrogens is 1. The largest absolute Gasteiger partial charge is 0.345 e. The second-order valence-electron chi connectivity index (χ2n) is 4.95. The second kappa shape index (κ2) is 5.77. The zero-order chi connectivity index (χ0) is 12.4. The number of thiazole rings is 1. The highest BCUT2D eigenvalue weighted by Gasteiger charge is 2.31. The molecule has 0 bridgehead atoms. The molecule has 1 fully saturated rings. The van der Waals surface area contributed by atoms with Crippen molar-refractivity contribution in [3.05, 3.63) is 10.0 Å². The fraction of sp³-hybridized carbons (Fsp3) is 0.750. The van der Waals surface area contributed by atoms with E-state index < -0.39 is 0 Å². The van der Waals surface area contributed by atoms with Crippen molar-refractivity contribution in [3.8, 4) is 0 Å². The molecule has 17 heavy (non-hydrogen) atoms. The maximum Gasteiger partial charge on any atom is 0.187 e. The number of rotatable bonds is 6. The molecular formula is C12H18Cl2N2S. The first-order valence-corrected chi connectivity index (χ1v) is 7.82. The molecule has 0 spiro atoms. The number of hydrogen-bond acceptors (Lipinski definition) is 3. The molecule has 0 radical (unpaired) electrons. The molecule has 1 aliphatic carbocycles. The minimum Gasteiger partial charge on any atom is -0.345 e. The first-order chi connectivity index (χ1) is 8.11. The van der Waals surface area contributed by atoms with Crippen LogP contribution in [0.15, 0.2) is 0 Å². The Kier molecular flexibility index (Phi) is 4.56. The van der Waals surface area contributed by atoms with Gasteiger partial charge in [-0.15, -0.1) is 11.6 Å². The smallest absolute Gasteiger partial charge is 0.187 e. The summed E-state index contributed by atoms with van der Waals surface area (Å²) in [6, 6.07) is 0.680. The molecule has 0 unspecified atom stereocenters. The van der Waals surface area contributed by atoms with Gasteiger partial charge in [0.2, 0.25) is 0 Å². The van der Waals surface area contributed by atoms with Gasteiger partial charge in [0, 0.05) is 12.6 Å². The van der Waals surface area contributed by atoms with Crippen molar-refractivity contribution >= 4 is 39.7 Å². The molecule has 1 aromatic rings. The number of anilines is 1. The average molecular weight is 293 g/mol. The molecule has 2 rings (SSSR count). The van der Waals surface area contributed by atoms with Crippen LogP contribution >= 0.6 is 34.5 Å². The Labute approximate surface area is 117 Å². The molecule has 96 valence electrons. The van der Waals surface area contributed by atoms with Crippen molar-refractivity contribution in [1.29, 1.82) is 0 Å². The van der Waals surface area contributed by atoms with Crippen LogP contribution in [0.3, 0.4) is 0 Å². The molecule has 0 aromatic carbocycles. The summed E-state index contributed by atoms with van der Waals surface area (Å²) in [6.45, 7) is 5.59. The molecular weight excluding hydrogens is 275 g/mol. The van der Waals surface area contributed by atoms with Crippen LogP contribution in [0.2, 0.25) is 5.15 Å². The molecule has 0 aliphatic heterocycles. The molecule has 1 saturated carbocycles. The zero-order valence-corrected chi connectivity index (χ0v) is 12.6. The van der Waals surface area contributed by atoms with E-state index in [0.29, 0.717) is 17.1 Å². The van der Waals surface area contributed by atoms with Gasteiger partial charge in [-0.1, -0.05) is 36.8 Å². The fourth-order valence-corrected chi connectivity index (χ4v) is 3.32. The van der Waals surface area contributed by atoms with E-state index in [1.807, 2.05) is 0 Å². The summed E-state index contributed by atoms with van der Waals surface area (Å²) in [4.78, 5) is 7.84. The summed E-state index contributed by atoms with van der Waals surface area (Å²) in [7, 11) is 0. The lowest BCUT2D eigenvalue weighted by molar-refractivity contribution is 0.570. The van der Waals surface area contributed by atoms with Gasteiger partial charge in [0.25, 0.3) is 0 Å². The Morgan fingerprint density at radius 1 is 1.47 bits per heavy atom. The minimum atomic E-state index is 0.458. The summed E-state index contributed by atoms with van der Waals surface area (Å²) >= 11 is 13.5. The fourth-order valence-electron chi connectivity index (χ4n) is 1.74. The molecule has 0 atom stereocenters. The molecule has 1 heterocycles. The Morgan fingerprint density at radius 2 is 2.18 bits per heavy atom. The first-order valence-electron chi connectivity index (χ1n) is 6.09. The Balaban J connectivity index is 2.08. The van der Waals surface area contributed by atoms with Gasteiger partial charge >= 0.3 is 0 Å². The maximum absolute atomic E-state index is 6.07. The molecule has 0 N–H and O–H groups in total. The number of halogens is 2. The molecule has 1 aliphatic rings. The van der Waals surface area contributed by atoms with E-state index in [2.05, 4.69) is 23.7 Å². The van der Waals surface area contributed by atoms with Gasteiger partial charge in [-0.05, 0) is 25.2 Å². The van der Waals surface area contributed by atoms with Gasteiger partial charge in [-0.3, -0.25) is 0 Å². The number of hydrogen-bond donors (Lipinski definition) is 0. The topological polar surface area (TPSA) is 16.1 Å². The van der Waals surface area contributed by atoms with Crippen molar-refractivity contribution in [2.24, 2.45) is 5.92 Å². The second-order valence-corrected chi connectivity index (χ2v) is 6.64. The van der Waals surface area contributed by atoms with Crippen molar-refractivity contribution in [3.63, 3.8) is 0 Å². The predicted molar refractivity (Wildman–Crippen MR) is 76.5 cm³/mol. The van der Waals surface area contributed by atoms with E-state index in [1.54, 1.807) is 11.3 Å². The highest BCUT2D eigenvalue weighted by molar-refractivity contribution is 7.16. The standard InChI is InChI=1S/C12H18Cl2N2S/c1-8(2)5-6-16(9-3-4-9)12-15-11(14)10(7-13)17-12/h8-9H,3-7H2,1-2H3. The monoisotopic (exact) mass is 292 g/mol. The molecule has 1 aromatic heterocycles. The molecule has 2 nitrogen and oxygen atoms in total. The van der Waals surface area contributed by atoms with Gasteiger partial charge in [0.05, 0.1) is 10.8 Å². The van der Waals surface area contributed by atoms with Gasteiger partial charge in [-0.2, -0.15) is 0 Å². The van der Waals surface area contributed by atoms with Crippen LogP contribution in [0.5, 0.6) is 0 Å². The van der Waals surface area contributed by atoms with E-state index in [1.165, 1.54) is 19.3 Å². The van der Waals surface area contributed by atoms with E-state index in [-0.39, 0.29) is 0 Å². The zero-order valence-electron chi connectivity index (χ0n) is 10.2. The highest BCUT2D eigenvalue weighted by Crippen LogP contribution is 2.37. The van der Waals surface area contributed by atoms with Gasteiger partial charge in [-0.25, -0.2) is 4.98 Å². The van der Waals surface area contributed by atoms with Crippen LogP contribution < -0.4 is 4.90 Å². The average Bonchev–Trinajstić information content (AvgIpc) is 3.03. The summed E-state index contributed by atoms with van der Waals surface area (Å²) in [5.74, 6) is 1.18. The Morgan fingerprint density at radius 3 is 2.65 bits per heavy atom. The third kappa shape index (κ3) is 3.49. The first kappa shape index (κ1) is 13.4.